The molecule has 264 valence electrons. The summed E-state index contributed by atoms with van der Waals surface area (Å²) in [6.45, 7) is 2.22. The van der Waals surface area contributed by atoms with Gasteiger partial charge in [-0.25, -0.2) is 9.48 Å². The summed E-state index contributed by atoms with van der Waals surface area (Å²) in [4.78, 5) is 16.8. The van der Waals surface area contributed by atoms with Crippen LogP contribution in [0.15, 0.2) is 144 Å². The van der Waals surface area contributed by atoms with Crippen LogP contribution in [0.25, 0.3) is 0 Å². The molecule has 1 aliphatic rings. The Morgan fingerprint density at radius 1 is 0.750 bits per heavy atom. The van der Waals surface area contributed by atoms with E-state index in [0.29, 0.717) is 19.0 Å². The molecule has 0 aliphatic heterocycles. The van der Waals surface area contributed by atoms with Crippen LogP contribution in [-0.4, -0.2) is 50.8 Å². The van der Waals surface area contributed by atoms with E-state index < -0.39 is 11.6 Å². The highest BCUT2D eigenvalue weighted by atomic mass is 79.9. The second-order valence-corrected chi connectivity index (χ2v) is 14.3. The highest BCUT2D eigenvalue weighted by molar-refractivity contribution is 9.10. The number of aryl methyl sites for hydroxylation is 2. The van der Waals surface area contributed by atoms with Crippen LogP contribution in [0, 0.1) is 0 Å². The maximum absolute atomic E-state index is 12.6. The minimum atomic E-state index is -0.768. The van der Waals surface area contributed by atoms with E-state index in [9.17, 15) is 4.79 Å². The number of hydrogen-bond acceptors (Lipinski definition) is 5. The molecule has 0 saturated heterocycles. The number of nitrogens with zero attached hydrogens (tertiary/aromatic N) is 6. The fourth-order valence-corrected chi connectivity index (χ4v) is 8.18. The molecule has 8 nitrogen and oxygen atoms in total. The molecule has 0 fully saturated rings. The summed E-state index contributed by atoms with van der Waals surface area (Å²) >= 11 is 3.49. The monoisotopic (exact) mass is 753 g/mol. The first-order valence-corrected chi connectivity index (χ1v) is 18.9. The van der Waals surface area contributed by atoms with Crippen LogP contribution in [0.2, 0.25) is 0 Å². The molecule has 0 radical (unpaired) electrons. The van der Waals surface area contributed by atoms with Crippen LogP contribution in [0.1, 0.15) is 65.4 Å². The zero-order chi connectivity index (χ0) is 35.8. The standard InChI is InChI=1S/C43H44BrN7O/c44-37-26-28-38(29-27-37)50(42(45)52)32-14-31-49(40-24-12-16-33-15-10-11-23-39(33)40)30-13-25-41-46-47-48-51(41)43(34-17-4-1-5-18-34,35-19-6-2-7-20-35)36-21-8-3-9-22-36/h1-11,15,17-23,26-29,40H,12-14,16,24-25,30-32H2,(H2,45,52). The number of primary amides is 1. The molecule has 2 amide bonds. The van der Waals surface area contributed by atoms with Crippen molar-refractivity contribution in [3.05, 3.63) is 178 Å². The number of aromatic nitrogens is 4. The average molecular weight is 755 g/mol. The van der Waals surface area contributed by atoms with E-state index in [4.69, 9.17) is 10.9 Å². The van der Waals surface area contributed by atoms with Gasteiger partial charge in [-0.05, 0) is 101 Å². The third-order valence-corrected chi connectivity index (χ3v) is 10.8. The number of carbonyl (C=O) groups is 1. The Bertz CT molecular complexity index is 1940. The first-order valence-electron chi connectivity index (χ1n) is 18.1. The predicted molar refractivity (Wildman–Crippen MR) is 210 cm³/mol. The van der Waals surface area contributed by atoms with E-state index in [2.05, 4.69) is 128 Å². The van der Waals surface area contributed by atoms with Gasteiger partial charge >= 0.3 is 6.03 Å². The molecule has 5 aromatic carbocycles. The number of hydrogen-bond donors (Lipinski definition) is 1. The summed E-state index contributed by atoms with van der Waals surface area (Å²) in [6.07, 6.45) is 5.69. The zero-order valence-electron chi connectivity index (χ0n) is 29.3. The molecule has 2 N–H and O–H groups in total. The minimum Gasteiger partial charge on any atom is -0.351 e. The molecule has 0 spiro atoms. The van der Waals surface area contributed by atoms with Gasteiger partial charge in [-0.2, -0.15) is 0 Å². The normalized spacial score (nSPS) is 14.2. The first kappa shape index (κ1) is 35.3. The van der Waals surface area contributed by atoms with E-state index in [1.54, 1.807) is 4.90 Å². The molecule has 52 heavy (non-hydrogen) atoms. The van der Waals surface area contributed by atoms with Crippen molar-refractivity contribution in [1.29, 1.82) is 0 Å². The molecule has 0 bridgehead atoms. The van der Waals surface area contributed by atoms with Gasteiger partial charge in [0, 0.05) is 35.7 Å². The number of amides is 2. The van der Waals surface area contributed by atoms with Gasteiger partial charge in [0.25, 0.3) is 0 Å². The molecule has 7 rings (SSSR count). The summed E-state index contributed by atoms with van der Waals surface area (Å²) in [6, 6.07) is 48.0. The number of nitrogens with two attached hydrogens (primary N) is 1. The van der Waals surface area contributed by atoms with Gasteiger partial charge in [-0.15, -0.1) is 5.10 Å². The molecule has 9 heteroatoms. The Morgan fingerprint density at radius 3 is 1.94 bits per heavy atom. The summed E-state index contributed by atoms with van der Waals surface area (Å²) in [5.41, 5.74) is 12.0. The fraction of sp³-hybridized carbons (Fsp3) is 0.256. The van der Waals surface area contributed by atoms with Crippen LogP contribution >= 0.6 is 15.9 Å². The Kier molecular flexibility index (Phi) is 11.2. The Hall–Kier alpha value is -5.12. The van der Waals surface area contributed by atoms with Gasteiger partial charge in [-0.3, -0.25) is 9.80 Å². The van der Waals surface area contributed by atoms with Gasteiger partial charge < -0.3 is 5.73 Å². The highest BCUT2D eigenvalue weighted by Gasteiger charge is 2.41. The van der Waals surface area contributed by atoms with E-state index in [1.807, 2.05) is 47.1 Å². The van der Waals surface area contributed by atoms with Gasteiger partial charge in [0.2, 0.25) is 0 Å². The van der Waals surface area contributed by atoms with Crippen LogP contribution in [0.3, 0.4) is 0 Å². The number of benzene rings is 5. The number of tetrazole rings is 1. The second-order valence-electron chi connectivity index (χ2n) is 13.4. The first-order chi connectivity index (χ1) is 25.6. The smallest absolute Gasteiger partial charge is 0.319 e. The van der Waals surface area contributed by atoms with Gasteiger partial charge in [-0.1, -0.05) is 131 Å². The van der Waals surface area contributed by atoms with Crippen LogP contribution in [0.4, 0.5) is 10.5 Å². The molecular weight excluding hydrogens is 710 g/mol. The average Bonchev–Trinajstić information content (AvgIpc) is 3.66. The quantitative estimate of drug-likeness (QED) is 0.113. The van der Waals surface area contributed by atoms with Crippen LogP contribution < -0.4 is 10.6 Å². The Balaban J connectivity index is 1.17. The molecule has 1 heterocycles. The van der Waals surface area contributed by atoms with Crippen molar-refractivity contribution in [1.82, 2.24) is 25.1 Å². The lowest BCUT2D eigenvalue weighted by Crippen LogP contribution is -2.40. The van der Waals surface area contributed by atoms with Crippen molar-refractivity contribution in [2.75, 3.05) is 24.5 Å². The van der Waals surface area contributed by atoms with E-state index in [-0.39, 0.29) is 0 Å². The Morgan fingerprint density at radius 2 is 1.33 bits per heavy atom. The molecule has 1 atom stereocenters. The number of fused-ring (bicyclic) bond motifs is 1. The highest BCUT2D eigenvalue weighted by Crippen LogP contribution is 2.41. The third kappa shape index (κ3) is 7.43. The summed E-state index contributed by atoms with van der Waals surface area (Å²) in [5.74, 6) is 0.829. The lowest BCUT2D eigenvalue weighted by atomic mass is 9.77. The molecule has 0 saturated carbocycles. The topological polar surface area (TPSA) is 93.2 Å². The molecule has 1 unspecified atom stereocenters. The van der Waals surface area contributed by atoms with Gasteiger partial charge in [0.15, 0.2) is 5.82 Å². The number of carbonyl (C=O) groups excluding carboxylic acids is 1. The SMILES string of the molecule is NC(=O)N(CCCN(CCCc1nnnn1C(c1ccccc1)(c1ccccc1)c1ccccc1)C1CCCc2ccccc21)c1ccc(Br)cc1. The van der Waals surface area contributed by atoms with Gasteiger partial charge in [0.1, 0.15) is 5.54 Å². The number of anilines is 1. The number of urea groups is 1. The van der Waals surface area contributed by atoms with E-state index >= 15 is 0 Å². The Labute approximate surface area is 314 Å². The van der Waals surface area contributed by atoms with Crippen molar-refractivity contribution in [3.63, 3.8) is 0 Å². The van der Waals surface area contributed by atoms with E-state index in [0.717, 1.165) is 77.9 Å². The van der Waals surface area contributed by atoms with Crippen LogP contribution in [-0.2, 0) is 18.4 Å². The second kappa shape index (κ2) is 16.5. The largest absolute Gasteiger partial charge is 0.351 e. The van der Waals surface area contributed by atoms with Gasteiger partial charge in [0.05, 0.1) is 0 Å². The van der Waals surface area contributed by atoms with Crippen molar-refractivity contribution >= 4 is 27.6 Å². The minimum absolute atomic E-state index is 0.299. The molecule has 6 aromatic rings. The van der Waals surface area contributed by atoms with Crippen molar-refractivity contribution in [3.8, 4) is 0 Å². The lowest BCUT2D eigenvalue weighted by molar-refractivity contribution is 0.174. The summed E-state index contributed by atoms with van der Waals surface area (Å²) in [7, 11) is 0. The van der Waals surface area contributed by atoms with Crippen molar-refractivity contribution in [2.24, 2.45) is 5.73 Å². The fourth-order valence-electron chi connectivity index (χ4n) is 7.92. The zero-order valence-corrected chi connectivity index (χ0v) is 30.9. The lowest BCUT2D eigenvalue weighted by Gasteiger charge is -2.37. The van der Waals surface area contributed by atoms with E-state index in [1.165, 1.54) is 11.1 Å². The summed E-state index contributed by atoms with van der Waals surface area (Å²) in [5, 5.41) is 13.7. The van der Waals surface area contributed by atoms with Crippen LogP contribution in [0.5, 0.6) is 0 Å². The summed E-state index contributed by atoms with van der Waals surface area (Å²) < 4.78 is 3.00. The van der Waals surface area contributed by atoms with Crippen molar-refractivity contribution < 1.29 is 4.79 Å². The molecular formula is C43H44BrN7O. The third-order valence-electron chi connectivity index (χ3n) is 10.3. The molecule has 1 aliphatic carbocycles. The van der Waals surface area contributed by atoms with Crippen molar-refractivity contribution in [2.45, 2.75) is 50.1 Å². The molecule has 1 aromatic heterocycles. The maximum Gasteiger partial charge on any atom is 0.319 e. The maximum atomic E-state index is 12.6. The predicted octanol–water partition coefficient (Wildman–Crippen LogP) is 8.56. The number of rotatable bonds is 14. The number of halogens is 1.